The summed E-state index contributed by atoms with van der Waals surface area (Å²) in [5, 5.41) is 12.9. The van der Waals surface area contributed by atoms with E-state index in [0.717, 1.165) is 27.5 Å². The highest BCUT2D eigenvalue weighted by Gasteiger charge is 2.35. The summed E-state index contributed by atoms with van der Waals surface area (Å²) in [4.78, 5) is 38.8. The number of nitrogens with two attached hydrogens (primary N) is 1. The largest absolute Gasteiger partial charge is 0.497 e. The predicted molar refractivity (Wildman–Crippen MR) is 136 cm³/mol. The number of rotatable bonds is 5. The molecule has 1 atom stereocenters. The van der Waals surface area contributed by atoms with E-state index < -0.39 is 23.4 Å². The summed E-state index contributed by atoms with van der Waals surface area (Å²) < 4.78 is 11.2. The second-order valence-electron chi connectivity index (χ2n) is 7.93. The first-order valence-corrected chi connectivity index (χ1v) is 11.6. The maximum atomic E-state index is 13.7. The number of carbonyl (C=O) groups is 2. The van der Waals surface area contributed by atoms with E-state index in [1.807, 2.05) is 19.1 Å². The van der Waals surface area contributed by atoms with Gasteiger partial charge in [-0.15, -0.1) is 11.3 Å². The van der Waals surface area contributed by atoms with Crippen LogP contribution in [-0.4, -0.2) is 30.7 Å². The van der Waals surface area contributed by atoms with Crippen LogP contribution in [0.15, 0.2) is 58.9 Å². The lowest BCUT2D eigenvalue weighted by Gasteiger charge is -2.25. The molecule has 2 aromatic carbocycles. The normalized spacial score (nSPS) is 15.2. The third-order valence-electron chi connectivity index (χ3n) is 5.72. The van der Waals surface area contributed by atoms with Crippen LogP contribution in [0.25, 0.3) is 17.5 Å². The summed E-state index contributed by atoms with van der Waals surface area (Å²) in [7, 11) is 2.72. The number of carbonyl (C=O) groups excluding carboxylic acids is 2. The smallest absolute Gasteiger partial charge is 0.332 e. The average Bonchev–Trinajstić information content (AvgIpc) is 3.20. The fourth-order valence-corrected chi connectivity index (χ4v) is 5.03. The zero-order valence-corrected chi connectivity index (χ0v) is 20.5. The number of thiazole rings is 1. The number of allylic oxidation sites excluding steroid dienone is 1. The zero-order valence-electron chi connectivity index (χ0n) is 19.7. The first-order valence-electron chi connectivity index (χ1n) is 10.8. The summed E-state index contributed by atoms with van der Waals surface area (Å²) in [5.74, 6) is -1.62. The van der Waals surface area contributed by atoms with Gasteiger partial charge in [0.05, 0.1) is 37.4 Å². The van der Waals surface area contributed by atoms with E-state index in [-0.39, 0.29) is 26.2 Å². The lowest BCUT2D eigenvalue weighted by molar-refractivity contribution is -0.133. The van der Waals surface area contributed by atoms with Gasteiger partial charge in [0.15, 0.2) is 0 Å². The molecule has 3 N–H and O–H groups in total. The number of ether oxygens (including phenoxy) is 2. The summed E-state index contributed by atoms with van der Waals surface area (Å²) in [6.07, 6.45) is 1.04. The molecule has 0 bridgehead atoms. The molecule has 0 unspecified atom stereocenters. The van der Waals surface area contributed by atoms with E-state index in [1.165, 1.54) is 14.2 Å². The minimum Gasteiger partial charge on any atom is -0.497 e. The number of nitrogens with one attached hydrogen (secondary N) is 1. The quantitative estimate of drug-likeness (QED) is 0.504. The van der Waals surface area contributed by atoms with Gasteiger partial charge in [-0.25, -0.2) is 4.79 Å². The molecule has 0 fully saturated rings. The van der Waals surface area contributed by atoms with Crippen molar-refractivity contribution in [1.29, 1.82) is 5.26 Å². The minimum absolute atomic E-state index is 0.0214. The summed E-state index contributed by atoms with van der Waals surface area (Å²) in [6, 6.07) is 16.2. The third kappa shape index (κ3) is 4.39. The van der Waals surface area contributed by atoms with Crippen molar-refractivity contribution < 1.29 is 19.1 Å². The molecule has 4 rings (SSSR count). The number of hydrogen-bond acceptors (Lipinski definition) is 8. The third-order valence-corrected chi connectivity index (χ3v) is 6.83. The van der Waals surface area contributed by atoms with Crippen molar-refractivity contribution in [2.24, 2.45) is 5.73 Å². The van der Waals surface area contributed by atoms with Crippen molar-refractivity contribution in [2.75, 3.05) is 19.5 Å². The minimum atomic E-state index is -0.865. The Morgan fingerprint density at radius 2 is 1.81 bits per heavy atom. The number of amides is 1. The van der Waals surface area contributed by atoms with E-state index in [9.17, 15) is 19.6 Å². The Morgan fingerprint density at radius 1 is 1.14 bits per heavy atom. The first kappa shape index (κ1) is 24.5. The lowest BCUT2D eigenvalue weighted by atomic mass is 9.83. The molecule has 0 aliphatic carbocycles. The highest BCUT2D eigenvalue weighted by Crippen LogP contribution is 2.37. The molecule has 0 radical (unpaired) electrons. The van der Waals surface area contributed by atoms with Gasteiger partial charge in [-0.1, -0.05) is 29.8 Å². The second-order valence-corrected chi connectivity index (χ2v) is 8.96. The van der Waals surface area contributed by atoms with Gasteiger partial charge in [0, 0.05) is 11.8 Å². The molecule has 2 heterocycles. The van der Waals surface area contributed by atoms with E-state index in [4.69, 9.17) is 10.5 Å². The molecule has 10 heteroatoms. The molecule has 1 aliphatic heterocycles. The fourth-order valence-electron chi connectivity index (χ4n) is 3.90. The number of esters is 1. The molecule has 182 valence electrons. The van der Waals surface area contributed by atoms with Crippen molar-refractivity contribution in [3.8, 4) is 11.8 Å². The second kappa shape index (κ2) is 9.93. The van der Waals surface area contributed by atoms with Crippen LogP contribution in [0.1, 0.15) is 17.0 Å². The summed E-state index contributed by atoms with van der Waals surface area (Å²) >= 11 is 0.925. The molecule has 36 heavy (non-hydrogen) atoms. The van der Waals surface area contributed by atoms with Gasteiger partial charge in [-0.05, 0) is 36.8 Å². The number of fused-ring (bicyclic) bond motifs is 1. The molecule has 1 aromatic heterocycles. The van der Waals surface area contributed by atoms with Crippen LogP contribution in [0.3, 0.4) is 0 Å². The molecule has 1 amide bonds. The highest BCUT2D eigenvalue weighted by molar-refractivity contribution is 7.07. The standard InChI is InChI=1S/C26H22N4O5S/c1-14-4-8-16(9-5-14)29-24(32)22-21(15-6-10-17(34-2)11-7-15)18(13-27)23(28)30-25(33)19(36-26(22)30)12-20(31)35-3/h4-12,21H,28H2,1-3H3,(H,29,32)/b19-12-/t21-/m0/s1. The van der Waals surface area contributed by atoms with Gasteiger partial charge in [0.1, 0.15) is 20.8 Å². The number of aromatic nitrogens is 1. The number of anilines is 1. The Bertz CT molecular complexity index is 1610. The Morgan fingerprint density at radius 3 is 2.39 bits per heavy atom. The maximum Gasteiger partial charge on any atom is 0.332 e. The number of methoxy groups -OCH3 is 2. The zero-order chi connectivity index (χ0) is 26.0. The Labute approximate surface area is 210 Å². The summed E-state index contributed by atoms with van der Waals surface area (Å²) in [5.41, 5.74) is 8.05. The van der Waals surface area contributed by atoms with Crippen molar-refractivity contribution in [2.45, 2.75) is 12.8 Å². The van der Waals surface area contributed by atoms with Gasteiger partial charge < -0.3 is 20.5 Å². The fraction of sp³-hybridized carbons (Fsp3) is 0.154. The number of benzene rings is 2. The highest BCUT2D eigenvalue weighted by atomic mass is 32.1. The monoisotopic (exact) mass is 502 g/mol. The number of nitrogens with zero attached hydrogens (tertiary/aromatic N) is 2. The number of aryl methyl sites for hydroxylation is 1. The molecule has 9 nitrogen and oxygen atoms in total. The SMILES string of the molecule is COC(=O)/C=c1\sc2n(c1=O)C(N)=C(C#N)[C@H](c1ccc(OC)cc1)C=2C(=O)Nc1ccc(C)cc1. The summed E-state index contributed by atoms with van der Waals surface area (Å²) in [6.45, 7) is 1.93. The van der Waals surface area contributed by atoms with Gasteiger partial charge in [0.25, 0.3) is 11.5 Å². The Hall–Kier alpha value is -4.62. The van der Waals surface area contributed by atoms with Crippen LogP contribution in [0.4, 0.5) is 5.69 Å². The van der Waals surface area contributed by atoms with Crippen LogP contribution in [0.5, 0.6) is 5.75 Å². The molecule has 3 aromatic rings. The Kier molecular flexibility index (Phi) is 6.76. The average molecular weight is 503 g/mol. The van der Waals surface area contributed by atoms with E-state index >= 15 is 0 Å². The molecular formula is C26H22N4O5S. The Balaban J connectivity index is 2.02. The molecule has 0 spiro atoms. The first-order chi connectivity index (χ1) is 17.3. The van der Waals surface area contributed by atoms with Gasteiger partial charge in [-0.3, -0.25) is 14.2 Å². The van der Waals surface area contributed by atoms with Crippen LogP contribution in [0.2, 0.25) is 0 Å². The predicted octanol–water partition coefficient (Wildman–Crippen LogP) is 1.42. The molecule has 0 saturated heterocycles. The topological polar surface area (TPSA) is 136 Å². The van der Waals surface area contributed by atoms with Crippen LogP contribution in [0, 0.1) is 18.3 Å². The molecular weight excluding hydrogens is 480 g/mol. The van der Waals surface area contributed by atoms with Gasteiger partial charge in [0.2, 0.25) is 0 Å². The van der Waals surface area contributed by atoms with Gasteiger partial charge >= 0.3 is 5.97 Å². The van der Waals surface area contributed by atoms with E-state index in [1.54, 1.807) is 36.4 Å². The van der Waals surface area contributed by atoms with Crippen LogP contribution in [-0.2, 0) is 14.3 Å². The van der Waals surface area contributed by atoms with Crippen LogP contribution >= 0.6 is 11.3 Å². The maximum absolute atomic E-state index is 13.7. The number of hydrogen-bond donors (Lipinski definition) is 2. The number of nitriles is 1. The van der Waals surface area contributed by atoms with Crippen molar-refractivity contribution in [1.82, 2.24) is 4.57 Å². The van der Waals surface area contributed by atoms with Gasteiger partial charge in [-0.2, -0.15) is 5.26 Å². The van der Waals surface area contributed by atoms with Crippen LogP contribution < -0.4 is 30.5 Å². The molecule has 1 aliphatic rings. The van der Waals surface area contributed by atoms with E-state index in [0.29, 0.717) is 17.0 Å². The molecule has 0 saturated carbocycles. The lowest BCUT2D eigenvalue weighted by Crippen LogP contribution is -2.40. The van der Waals surface area contributed by atoms with Crippen molar-refractivity contribution in [3.05, 3.63) is 84.8 Å². The van der Waals surface area contributed by atoms with Crippen molar-refractivity contribution >= 4 is 46.4 Å². The van der Waals surface area contributed by atoms with Crippen molar-refractivity contribution in [3.63, 3.8) is 0 Å². The van der Waals surface area contributed by atoms with E-state index in [2.05, 4.69) is 16.1 Å².